The summed E-state index contributed by atoms with van der Waals surface area (Å²) in [4.78, 5) is 11.4. The van der Waals surface area contributed by atoms with Gasteiger partial charge < -0.3 is 15.5 Å². The van der Waals surface area contributed by atoms with Gasteiger partial charge in [-0.2, -0.15) is 0 Å². The molecule has 0 fully saturated rings. The third kappa shape index (κ3) is 2.53. The molecule has 94 valence electrons. The van der Waals surface area contributed by atoms with Gasteiger partial charge in [0.15, 0.2) is 5.78 Å². The smallest absolute Gasteiger partial charge is 0.161 e. The first-order valence-corrected chi connectivity index (χ1v) is 5.78. The van der Waals surface area contributed by atoms with E-state index >= 15 is 0 Å². The zero-order chi connectivity index (χ0) is 13.1. The second-order valence-corrected chi connectivity index (χ2v) is 4.24. The summed E-state index contributed by atoms with van der Waals surface area (Å²) in [5.74, 6) is 0.804. The Kier molecular flexibility index (Phi) is 3.37. The predicted molar refractivity (Wildman–Crippen MR) is 71.6 cm³/mol. The maximum absolute atomic E-state index is 11.4. The van der Waals surface area contributed by atoms with Gasteiger partial charge in [0, 0.05) is 16.9 Å². The van der Waals surface area contributed by atoms with Crippen LogP contribution in [0.25, 0.3) is 0 Å². The summed E-state index contributed by atoms with van der Waals surface area (Å²) < 4.78 is 5.31. The van der Waals surface area contributed by atoms with E-state index in [-0.39, 0.29) is 11.8 Å². The number of Topliss-reactive ketones (excluding diaryl/α,β-unsaturated/α-hetero) is 1. The minimum absolute atomic E-state index is 0.0310. The maximum atomic E-state index is 11.4. The molecule has 0 radical (unpaired) electrons. The van der Waals surface area contributed by atoms with Gasteiger partial charge in [-0.15, -0.1) is 0 Å². The van der Waals surface area contributed by atoms with Gasteiger partial charge in [0.2, 0.25) is 0 Å². The molecule has 4 nitrogen and oxygen atoms in total. The summed E-state index contributed by atoms with van der Waals surface area (Å²) in [5, 5.41) is 3.27. The molecule has 1 aromatic heterocycles. The second kappa shape index (κ2) is 4.96. The molecule has 3 N–H and O–H groups in total. The molecule has 4 heteroatoms. The number of rotatable bonds is 4. The molecule has 18 heavy (non-hydrogen) atoms. The number of furan rings is 1. The van der Waals surface area contributed by atoms with E-state index in [0.29, 0.717) is 11.3 Å². The van der Waals surface area contributed by atoms with E-state index in [4.69, 9.17) is 10.2 Å². The van der Waals surface area contributed by atoms with E-state index in [0.717, 1.165) is 11.4 Å². The Bertz CT molecular complexity index is 547. The van der Waals surface area contributed by atoms with Crippen molar-refractivity contribution in [2.45, 2.75) is 19.9 Å². The summed E-state index contributed by atoms with van der Waals surface area (Å²) >= 11 is 0. The van der Waals surface area contributed by atoms with Crippen molar-refractivity contribution in [3.8, 4) is 0 Å². The maximum Gasteiger partial charge on any atom is 0.161 e. The standard InChI is InChI=1S/C14H16N2O2/c1-9(14-4-3-7-18-14)16-11-5-6-13(15)12(8-11)10(2)17/h3-9,16H,15H2,1-2H3. The van der Waals surface area contributed by atoms with E-state index in [2.05, 4.69) is 5.32 Å². The van der Waals surface area contributed by atoms with Crippen LogP contribution in [-0.4, -0.2) is 5.78 Å². The van der Waals surface area contributed by atoms with Gasteiger partial charge in [0.05, 0.1) is 12.3 Å². The third-order valence-corrected chi connectivity index (χ3v) is 2.79. The molecule has 2 rings (SSSR count). The van der Waals surface area contributed by atoms with Gasteiger partial charge in [0.25, 0.3) is 0 Å². The fourth-order valence-electron chi connectivity index (χ4n) is 1.81. The molecule has 0 saturated carbocycles. The van der Waals surface area contributed by atoms with Crippen molar-refractivity contribution in [3.63, 3.8) is 0 Å². The number of ketones is 1. The van der Waals surface area contributed by atoms with Crippen LogP contribution in [0.4, 0.5) is 11.4 Å². The van der Waals surface area contributed by atoms with Crippen LogP contribution in [0.1, 0.15) is 36.0 Å². The lowest BCUT2D eigenvalue weighted by atomic mass is 10.1. The monoisotopic (exact) mass is 244 g/mol. The Morgan fingerprint density at radius 3 is 2.78 bits per heavy atom. The van der Waals surface area contributed by atoms with Crippen molar-refractivity contribution in [2.75, 3.05) is 11.1 Å². The highest BCUT2D eigenvalue weighted by Gasteiger charge is 2.10. The molecular formula is C14H16N2O2. The van der Waals surface area contributed by atoms with Crippen molar-refractivity contribution < 1.29 is 9.21 Å². The topological polar surface area (TPSA) is 68.3 Å². The molecule has 1 heterocycles. The van der Waals surface area contributed by atoms with Crippen LogP contribution in [-0.2, 0) is 0 Å². The van der Waals surface area contributed by atoms with Crippen molar-refractivity contribution in [1.82, 2.24) is 0 Å². The summed E-state index contributed by atoms with van der Waals surface area (Å²) in [7, 11) is 0. The normalized spacial score (nSPS) is 12.1. The summed E-state index contributed by atoms with van der Waals surface area (Å²) in [6.07, 6.45) is 1.64. The Morgan fingerprint density at radius 2 is 2.17 bits per heavy atom. The number of nitrogens with two attached hydrogens (primary N) is 1. The van der Waals surface area contributed by atoms with Gasteiger partial charge in [0.1, 0.15) is 5.76 Å². The molecule has 1 aromatic carbocycles. The fourth-order valence-corrected chi connectivity index (χ4v) is 1.81. The molecule has 0 aliphatic carbocycles. The molecule has 0 aliphatic heterocycles. The number of nitrogen functional groups attached to an aromatic ring is 1. The van der Waals surface area contributed by atoms with Crippen molar-refractivity contribution in [3.05, 3.63) is 47.9 Å². The van der Waals surface area contributed by atoms with Gasteiger partial charge in [-0.25, -0.2) is 0 Å². The summed E-state index contributed by atoms with van der Waals surface area (Å²) in [6.45, 7) is 3.49. The number of hydrogen-bond acceptors (Lipinski definition) is 4. The van der Waals surface area contributed by atoms with Gasteiger partial charge >= 0.3 is 0 Å². The highest BCUT2D eigenvalue weighted by atomic mass is 16.3. The number of carbonyl (C=O) groups is 1. The third-order valence-electron chi connectivity index (χ3n) is 2.79. The molecule has 0 aliphatic rings. The highest BCUT2D eigenvalue weighted by molar-refractivity contribution is 6.00. The average molecular weight is 244 g/mol. The van der Waals surface area contributed by atoms with Crippen LogP contribution >= 0.6 is 0 Å². The van der Waals surface area contributed by atoms with Gasteiger partial charge in [-0.05, 0) is 44.2 Å². The van der Waals surface area contributed by atoms with E-state index in [1.165, 1.54) is 6.92 Å². The molecule has 0 spiro atoms. The second-order valence-electron chi connectivity index (χ2n) is 4.24. The molecule has 0 bridgehead atoms. The predicted octanol–water partition coefficient (Wildman–Crippen LogP) is 3.24. The van der Waals surface area contributed by atoms with Crippen LogP contribution in [0.3, 0.4) is 0 Å². The lowest BCUT2D eigenvalue weighted by Crippen LogP contribution is -2.07. The quantitative estimate of drug-likeness (QED) is 0.640. The van der Waals surface area contributed by atoms with E-state index < -0.39 is 0 Å². The SMILES string of the molecule is CC(=O)c1cc(NC(C)c2ccco2)ccc1N. The highest BCUT2D eigenvalue weighted by Crippen LogP contribution is 2.23. The zero-order valence-corrected chi connectivity index (χ0v) is 10.4. The van der Waals surface area contributed by atoms with Gasteiger partial charge in [-0.3, -0.25) is 4.79 Å². The Labute approximate surface area is 106 Å². The van der Waals surface area contributed by atoms with Crippen LogP contribution < -0.4 is 11.1 Å². The minimum Gasteiger partial charge on any atom is -0.467 e. The Hall–Kier alpha value is -2.23. The first-order chi connectivity index (χ1) is 8.58. The van der Waals surface area contributed by atoms with Crippen molar-refractivity contribution in [2.24, 2.45) is 0 Å². The fraction of sp³-hybridized carbons (Fsp3) is 0.214. The van der Waals surface area contributed by atoms with E-state index in [1.807, 2.05) is 25.1 Å². The number of hydrogen-bond donors (Lipinski definition) is 2. The lowest BCUT2D eigenvalue weighted by molar-refractivity contribution is 0.101. The number of carbonyl (C=O) groups excluding carboxylic acids is 1. The molecule has 0 saturated heterocycles. The lowest BCUT2D eigenvalue weighted by Gasteiger charge is -2.14. The van der Waals surface area contributed by atoms with E-state index in [9.17, 15) is 4.79 Å². The molecule has 0 amide bonds. The Balaban J connectivity index is 2.20. The van der Waals surface area contributed by atoms with Crippen molar-refractivity contribution in [1.29, 1.82) is 0 Å². The first kappa shape index (κ1) is 12.2. The zero-order valence-electron chi connectivity index (χ0n) is 10.4. The molecule has 2 aromatic rings. The largest absolute Gasteiger partial charge is 0.467 e. The van der Waals surface area contributed by atoms with Crippen LogP contribution in [0.2, 0.25) is 0 Å². The summed E-state index contributed by atoms with van der Waals surface area (Å²) in [5.41, 5.74) is 7.63. The number of anilines is 2. The van der Waals surface area contributed by atoms with Crippen molar-refractivity contribution >= 4 is 17.2 Å². The van der Waals surface area contributed by atoms with Crippen LogP contribution in [0.5, 0.6) is 0 Å². The molecular weight excluding hydrogens is 228 g/mol. The van der Waals surface area contributed by atoms with E-state index in [1.54, 1.807) is 18.4 Å². The van der Waals surface area contributed by atoms with Crippen LogP contribution in [0.15, 0.2) is 41.0 Å². The molecule has 1 atom stereocenters. The van der Waals surface area contributed by atoms with Gasteiger partial charge in [-0.1, -0.05) is 0 Å². The Morgan fingerprint density at radius 1 is 1.39 bits per heavy atom. The molecule has 1 unspecified atom stereocenters. The number of nitrogens with one attached hydrogen (secondary N) is 1. The number of benzene rings is 1. The first-order valence-electron chi connectivity index (χ1n) is 5.78. The van der Waals surface area contributed by atoms with Crippen LogP contribution in [0, 0.1) is 0 Å². The summed E-state index contributed by atoms with van der Waals surface area (Å²) in [6, 6.07) is 9.12. The average Bonchev–Trinajstić information content (AvgIpc) is 2.85. The minimum atomic E-state index is -0.0400.